The molecule has 0 radical (unpaired) electrons. The van der Waals surface area contributed by atoms with Crippen molar-refractivity contribution in [2.75, 3.05) is 6.61 Å². The molecule has 23 heavy (non-hydrogen) atoms. The summed E-state index contributed by atoms with van der Waals surface area (Å²) in [5.41, 5.74) is 1.18. The molecule has 122 valence electrons. The molecule has 3 nitrogen and oxygen atoms in total. The van der Waals surface area contributed by atoms with Crippen LogP contribution in [0.2, 0.25) is 0 Å². The van der Waals surface area contributed by atoms with E-state index in [1.807, 2.05) is 18.2 Å². The van der Waals surface area contributed by atoms with Crippen LogP contribution in [0.5, 0.6) is 5.75 Å². The molecule has 2 saturated carbocycles. The van der Waals surface area contributed by atoms with Gasteiger partial charge in [0, 0.05) is 17.4 Å². The molecule has 4 atom stereocenters. The Balaban J connectivity index is 1.76. The van der Waals surface area contributed by atoms with E-state index >= 15 is 0 Å². The van der Waals surface area contributed by atoms with Crippen LogP contribution in [0.1, 0.15) is 66.7 Å². The second-order valence-corrected chi connectivity index (χ2v) is 7.77. The topological polar surface area (TPSA) is 43.4 Å². The molecule has 0 amide bonds. The molecule has 4 unspecified atom stereocenters. The number of ether oxygens (including phenoxy) is 1. The van der Waals surface area contributed by atoms with Crippen molar-refractivity contribution < 1.29 is 14.3 Å². The van der Waals surface area contributed by atoms with Crippen LogP contribution >= 0.6 is 0 Å². The maximum absolute atomic E-state index is 13.2. The average Bonchev–Trinajstić information content (AvgIpc) is 3.06. The van der Waals surface area contributed by atoms with E-state index in [0.29, 0.717) is 29.4 Å². The van der Waals surface area contributed by atoms with Gasteiger partial charge in [0.25, 0.3) is 0 Å². The summed E-state index contributed by atoms with van der Waals surface area (Å²) in [6, 6.07) is 5.50. The SMILES string of the molecule is CCCCOc1cccc2c1C(=O)C1C3CCC(C)(C3)C1C2=O. The highest BCUT2D eigenvalue weighted by molar-refractivity contribution is 6.18. The van der Waals surface area contributed by atoms with E-state index in [1.54, 1.807) is 0 Å². The third kappa shape index (κ3) is 2.02. The van der Waals surface area contributed by atoms with E-state index in [9.17, 15) is 9.59 Å². The van der Waals surface area contributed by atoms with Gasteiger partial charge in [0.1, 0.15) is 5.75 Å². The lowest BCUT2D eigenvalue weighted by Gasteiger charge is -2.39. The van der Waals surface area contributed by atoms with Gasteiger partial charge < -0.3 is 4.74 Å². The van der Waals surface area contributed by atoms with Crippen LogP contribution < -0.4 is 4.74 Å². The van der Waals surface area contributed by atoms with Crippen molar-refractivity contribution in [2.45, 2.75) is 46.0 Å². The second kappa shape index (κ2) is 5.19. The Hall–Kier alpha value is -1.64. The number of rotatable bonds is 4. The van der Waals surface area contributed by atoms with Crippen LogP contribution in [0.4, 0.5) is 0 Å². The smallest absolute Gasteiger partial charge is 0.171 e. The standard InChI is InChI=1S/C20H24O3/c1-3-4-10-23-14-7-5-6-13-16(14)19(22)15-12-8-9-20(2,11-12)17(15)18(13)21/h5-7,12,15,17H,3-4,8-11H2,1-2H3. The van der Waals surface area contributed by atoms with Gasteiger partial charge in [0.2, 0.25) is 0 Å². The first-order valence-electron chi connectivity index (χ1n) is 8.91. The largest absolute Gasteiger partial charge is 0.493 e. The van der Waals surface area contributed by atoms with Crippen LogP contribution in [0.3, 0.4) is 0 Å². The minimum atomic E-state index is -0.107. The number of fused-ring (bicyclic) bond motifs is 6. The Kier molecular flexibility index (Phi) is 3.36. The van der Waals surface area contributed by atoms with Crippen molar-refractivity contribution in [2.24, 2.45) is 23.2 Å². The van der Waals surface area contributed by atoms with E-state index in [1.165, 1.54) is 0 Å². The van der Waals surface area contributed by atoms with Crippen molar-refractivity contribution in [1.29, 1.82) is 0 Å². The number of unbranched alkanes of at least 4 members (excludes halogenated alkanes) is 1. The number of carbonyl (C=O) groups is 2. The molecule has 4 rings (SSSR count). The Morgan fingerprint density at radius 1 is 1.26 bits per heavy atom. The van der Waals surface area contributed by atoms with Crippen LogP contribution in [0.15, 0.2) is 18.2 Å². The molecular formula is C20H24O3. The lowest BCUT2D eigenvalue weighted by atomic mass is 9.62. The minimum Gasteiger partial charge on any atom is -0.493 e. The molecule has 3 aliphatic carbocycles. The minimum absolute atomic E-state index is 0.0266. The Morgan fingerprint density at radius 3 is 2.87 bits per heavy atom. The molecule has 2 fully saturated rings. The summed E-state index contributed by atoms with van der Waals surface area (Å²) in [5, 5.41) is 0. The molecule has 1 aromatic rings. The lowest BCUT2D eigenvalue weighted by molar-refractivity contribution is 0.0569. The van der Waals surface area contributed by atoms with E-state index < -0.39 is 0 Å². The zero-order valence-corrected chi connectivity index (χ0v) is 13.9. The Bertz CT molecular complexity index is 677. The first-order chi connectivity index (χ1) is 11.1. The number of hydrogen-bond donors (Lipinski definition) is 0. The summed E-state index contributed by atoms with van der Waals surface area (Å²) in [5.74, 6) is 1.12. The van der Waals surface area contributed by atoms with Crippen molar-refractivity contribution in [3.63, 3.8) is 0 Å². The average molecular weight is 312 g/mol. The first-order valence-corrected chi connectivity index (χ1v) is 8.91. The quantitative estimate of drug-likeness (QED) is 0.779. The number of ketones is 2. The molecule has 3 aliphatic rings. The number of hydrogen-bond acceptors (Lipinski definition) is 3. The maximum Gasteiger partial charge on any atom is 0.171 e. The van der Waals surface area contributed by atoms with Gasteiger partial charge in [-0.2, -0.15) is 0 Å². The van der Waals surface area contributed by atoms with Gasteiger partial charge >= 0.3 is 0 Å². The van der Waals surface area contributed by atoms with E-state index in [2.05, 4.69) is 13.8 Å². The maximum atomic E-state index is 13.2. The summed E-state index contributed by atoms with van der Waals surface area (Å²) < 4.78 is 5.84. The van der Waals surface area contributed by atoms with Gasteiger partial charge in [0.15, 0.2) is 11.6 Å². The van der Waals surface area contributed by atoms with Crippen LogP contribution in [0, 0.1) is 23.2 Å². The predicted octanol–water partition coefficient (Wildman–Crippen LogP) is 4.30. The third-order valence-corrected chi connectivity index (χ3v) is 6.31. The molecule has 0 aliphatic heterocycles. The molecule has 0 heterocycles. The highest BCUT2D eigenvalue weighted by atomic mass is 16.5. The molecular weight excluding hydrogens is 288 g/mol. The summed E-state index contributed by atoms with van der Waals surface area (Å²) in [6.45, 7) is 4.91. The summed E-state index contributed by atoms with van der Waals surface area (Å²) in [4.78, 5) is 26.3. The fourth-order valence-corrected chi connectivity index (χ4v) is 5.23. The summed E-state index contributed by atoms with van der Waals surface area (Å²) in [7, 11) is 0. The molecule has 3 heteroatoms. The number of carbonyl (C=O) groups excluding carboxylic acids is 2. The van der Waals surface area contributed by atoms with Crippen molar-refractivity contribution in [1.82, 2.24) is 0 Å². The van der Waals surface area contributed by atoms with Crippen LogP contribution in [0.25, 0.3) is 0 Å². The molecule has 0 aromatic heterocycles. The van der Waals surface area contributed by atoms with Gasteiger partial charge in [0.05, 0.1) is 12.2 Å². The highest BCUT2D eigenvalue weighted by Gasteiger charge is 2.62. The molecule has 0 N–H and O–H groups in total. The Morgan fingerprint density at radius 2 is 2.09 bits per heavy atom. The van der Waals surface area contributed by atoms with E-state index in [4.69, 9.17) is 4.74 Å². The third-order valence-electron chi connectivity index (χ3n) is 6.31. The van der Waals surface area contributed by atoms with E-state index in [0.717, 1.165) is 32.1 Å². The fourth-order valence-electron chi connectivity index (χ4n) is 5.23. The zero-order valence-electron chi connectivity index (χ0n) is 13.9. The number of Topliss-reactive ketones (excluding diaryl/α,β-unsaturated/α-hetero) is 2. The summed E-state index contributed by atoms with van der Waals surface area (Å²) >= 11 is 0. The van der Waals surface area contributed by atoms with Crippen LogP contribution in [-0.4, -0.2) is 18.2 Å². The predicted molar refractivity (Wildman–Crippen MR) is 87.9 cm³/mol. The van der Waals surface area contributed by atoms with Crippen molar-refractivity contribution in [3.05, 3.63) is 29.3 Å². The van der Waals surface area contributed by atoms with Crippen molar-refractivity contribution in [3.8, 4) is 5.75 Å². The van der Waals surface area contributed by atoms with Gasteiger partial charge in [-0.25, -0.2) is 0 Å². The molecule has 1 aromatic carbocycles. The highest BCUT2D eigenvalue weighted by Crippen LogP contribution is 2.63. The van der Waals surface area contributed by atoms with Crippen molar-refractivity contribution >= 4 is 11.6 Å². The molecule has 0 spiro atoms. The monoisotopic (exact) mass is 312 g/mol. The van der Waals surface area contributed by atoms with E-state index in [-0.39, 0.29) is 28.8 Å². The first kappa shape index (κ1) is 14.9. The van der Waals surface area contributed by atoms with Gasteiger partial charge in [-0.15, -0.1) is 0 Å². The Labute approximate surface area is 137 Å². The summed E-state index contributed by atoms with van der Waals surface area (Å²) in [6.07, 6.45) is 5.20. The number of benzene rings is 1. The normalized spacial score (nSPS) is 34.4. The lowest BCUT2D eigenvalue weighted by Crippen LogP contribution is -2.43. The second-order valence-electron chi connectivity index (χ2n) is 7.77. The van der Waals surface area contributed by atoms with Gasteiger partial charge in [-0.1, -0.05) is 32.4 Å². The van der Waals surface area contributed by atoms with Crippen LogP contribution in [-0.2, 0) is 0 Å². The van der Waals surface area contributed by atoms with Gasteiger partial charge in [-0.3, -0.25) is 9.59 Å². The fraction of sp³-hybridized carbons (Fsp3) is 0.600. The van der Waals surface area contributed by atoms with Gasteiger partial charge in [-0.05, 0) is 43.1 Å². The molecule has 0 saturated heterocycles. The zero-order chi connectivity index (χ0) is 16.2. The molecule has 2 bridgehead atoms.